The van der Waals surface area contributed by atoms with E-state index in [1.165, 1.54) is 5.69 Å². The summed E-state index contributed by atoms with van der Waals surface area (Å²) in [6.07, 6.45) is 3.44. The molecule has 100 valence electrons. The van der Waals surface area contributed by atoms with Gasteiger partial charge in [-0.05, 0) is 54.0 Å². The van der Waals surface area contributed by atoms with Crippen molar-refractivity contribution in [1.29, 1.82) is 0 Å². The molecule has 0 aliphatic rings. The number of aromatic nitrogens is 2. The average Bonchev–Trinajstić information content (AvgIpc) is 2.44. The van der Waals surface area contributed by atoms with Crippen LogP contribution >= 0.6 is 15.9 Å². The number of hydrogen-bond donors (Lipinski definition) is 1. The lowest BCUT2D eigenvalue weighted by Crippen LogP contribution is -2.21. The summed E-state index contributed by atoms with van der Waals surface area (Å²) >= 11 is 3.31. The highest BCUT2D eigenvalue weighted by Gasteiger charge is 2.02. The minimum atomic E-state index is 0.596. The Kier molecular flexibility index (Phi) is 4.74. The zero-order valence-electron chi connectivity index (χ0n) is 11.1. The van der Waals surface area contributed by atoms with Crippen molar-refractivity contribution in [1.82, 2.24) is 9.97 Å². The van der Waals surface area contributed by atoms with E-state index in [4.69, 9.17) is 0 Å². The van der Waals surface area contributed by atoms with E-state index in [9.17, 15) is 0 Å². The van der Waals surface area contributed by atoms with E-state index in [2.05, 4.69) is 62.1 Å². The van der Waals surface area contributed by atoms with Crippen LogP contribution < -0.4 is 10.2 Å². The Morgan fingerprint density at radius 1 is 1.05 bits per heavy atom. The Morgan fingerprint density at radius 2 is 1.63 bits per heavy atom. The molecule has 1 N–H and O–H groups in total. The third-order valence-electron chi connectivity index (χ3n) is 2.87. The van der Waals surface area contributed by atoms with Crippen LogP contribution in [0.25, 0.3) is 0 Å². The molecule has 1 heterocycles. The molecule has 0 unspecified atom stereocenters. The number of nitrogens with zero attached hydrogens (tertiary/aromatic N) is 3. The van der Waals surface area contributed by atoms with Crippen LogP contribution in [0, 0.1) is 0 Å². The minimum Gasteiger partial charge on any atom is -0.372 e. The summed E-state index contributed by atoms with van der Waals surface area (Å²) in [6.45, 7) is 6.34. The molecule has 1 aromatic heterocycles. The van der Waals surface area contributed by atoms with Gasteiger partial charge in [-0.3, -0.25) is 0 Å². The van der Waals surface area contributed by atoms with E-state index >= 15 is 0 Å². The molecule has 0 radical (unpaired) electrons. The molecule has 19 heavy (non-hydrogen) atoms. The second kappa shape index (κ2) is 6.52. The zero-order valence-corrected chi connectivity index (χ0v) is 12.7. The second-order valence-electron chi connectivity index (χ2n) is 4.07. The zero-order chi connectivity index (χ0) is 13.7. The molecule has 2 aromatic rings. The summed E-state index contributed by atoms with van der Waals surface area (Å²) in [5.41, 5.74) is 2.21. The molecule has 0 bridgehead atoms. The standard InChI is InChI=1S/C14H17BrN4/c1-3-19(4-2)13-7-5-12(6-8-13)18-14-16-9-11(15)10-17-14/h5-10H,3-4H2,1-2H3,(H,16,17,18). The summed E-state index contributed by atoms with van der Waals surface area (Å²) in [5, 5.41) is 3.17. The van der Waals surface area contributed by atoms with E-state index < -0.39 is 0 Å². The van der Waals surface area contributed by atoms with Crippen LogP contribution in [0.4, 0.5) is 17.3 Å². The van der Waals surface area contributed by atoms with Crippen molar-refractivity contribution in [2.24, 2.45) is 0 Å². The summed E-state index contributed by atoms with van der Waals surface area (Å²) < 4.78 is 0.870. The third-order valence-corrected chi connectivity index (χ3v) is 3.28. The molecule has 0 spiro atoms. The number of anilines is 3. The van der Waals surface area contributed by atoms with Crippen molar-refractivity contribution in [2.45, 2.75) is 13.8 Å². The normalized spacial score (nSPS) is 10.3. The first-order valence-corrected chi connectivity index (χ1v) is 7.11. The van der Waals surface area contributed by atoms with Crippen LogP contribution in [-0.2, 0) is 0 Å². The highest BCUT2D eigenvalue weighted by molar-refractivity contribution is 9.10. The fraction of sp³-hybridized carbons (Fsp3) is 0.286. The van der Waals surface area contributed by atoms with Gasteiger partial charge >= 0.3 is 0 Å². The first-order chi connectivity index (χ1) is 9.22. The highest BCUT2D eigenvalue weighted by Crippen LogP contribution is 2.19. The number of halogens is 1. The average molecular weight is 321 g/mol. The fourth-order valence-electron chi connectivity index (χ4n) is 1.85. The summed E-state index contributed by atoms with van der Waals surface area (Å²) in [7, 11) is 0. The van der Waals surface area contributed by atoms with Crippen LogP contribution in [-0.4, -0.2) is 23.1 Å². The predicted molar refractivity (Wildman–Crippen MR) is 83.0 cm³/mol. The summed E-state index contributed by atoms with van der Waals surface area (Å²) in [6, 6.07) is 8.29. The molecule has 2 rings (SSSR count). The minimum absolute atomic E-state index is 0.596. The van der Waals surface area contributed by atoms with E-state index in [0.29, 0.717) is 5.95 Å². The van der Waals surface area contributed by atoms with Gasteiger partial charge in [-0.25, -0.2) is 9.97 Å². The topological polar surface area (TPSA) is 41.0 Å². The van der Waals surface area contributed by atoms with Gasteiger partial charge in [0.1, 0.15) is 0 Å². The fourth-order valence-corrected chi connectivity index (χ4v) is 2.06. The van der Waals surface area contributed by atoms with Gasteiger partial charge < -0.3 is 10.2 Å². The van der Waals surface area contributed by atoms with Crippen molar-refractivity contribution >= 4 is 33.3 Å². The number of benzene rings is 1. The number of hydrogen-bond acceptors (Lipinski definition) is 4. The molecule has 0 saturated carbocycles. The lowest BCUT2D eigenvalue weighted by molar-refractivity contribution is 0.866. The van der Waals surface area contributed by atoms with Crippen LogP contribution in [0.1, 0.15) is 13.8 Å². The van der Waals surface area contributed by atoms with Crippen LogP contribution in [0.15, 0.2) is 41.1 Å². The molecule has 0 saturated heterocycles. The Morgan fingerprint density at radius 3 is 2.16 bits per heavy atom. The largest absolute Gasteiger partial charge is 0.372 e. The van der Waals surface area contributed by atoms with Gasteiger partial charge in [0.15, 0.2) is 0 Å². The molecule has 1 aromatic carbocycles. The monoisotopic (exact) mass is 320 g/mol. The second-order valence-corrected chi connectivity index (χ2v) is 4.98. The molecule has 0 aliphatic carbocycles. The molecular formula is C14H17BrN4. The van der Waals surface area contributed by atoms with Gasteiger partial charge in [-0.15, -0.1) is 0 Å². The lowest BCUT2D eigenvalue weighted by atomic mass is 10.2. The van der Waals surface area contributed by atoms with Crippen molar-refractivity contribution in [2.75, 3.05) is 23.3 Å². The summed E-state index contributed by atoms with van der Waals surface area (Å²) in [4.78, 5) is 10.7. The summed E-state index contributed by atoms with van der Waals surface area (Å²) in [5.74, 6) is 0.596. The molecule has 0 atom stereocenters. The van der Waals surface area contributed by atoms with Gasteiger partial charge in [-0.2, -0.15) is 0 Å². The van der Waals surface area contributed by atoms with Gasteiger partial charge in [0.2, 0.25) is 5.95 Å². The van der Waals surface area contributed by atoms with Crippen molar-refractivity contribution in [3.05, 3.63) is 41.1 Å². The predicted octanol–water partition coefficient (Wildman–Crippen LogP) is 3.83. The number of nitrogens with one attached hydrogen (secondary N) is 1. The van der Waals surface area contributed by atoms with Gasteiger partial charge in [0, 0.05) is 36.9 Å². The van der Waals surface area contributed by atoms with E-state index in [0.717, 1.165) is 23.2 Å². The molecule has 0 fully saturated rings. The van der Waals surface area contributed by atoms with Crippen molar-refractivity contribution in [3.8, 4) is 0 Å². The molecule has 5 heteroatoms. The number of rotatable bonds is 5. The lowest BCUT2D eigenvalue weighted by Gasteiger charge is -2.21. The first kappa shape index (κ1) is 13.8. The maximum atomic E-state index is 4.18. The van der Waals surface area contributed by atoms with E-state index in [1.54, 1.807) is 12.4 Å². The quantitative estimate of drug-likeness (QED) is 0.909. The van der Waals surface area contributed by atoms with Crippen LogP contribution in [0.3, 0.4) is 0 Å². The molecule has 4 nitrogen and oxygen atoms in total. The van der Waals surface area contributed by atoms with Crippen molar-refractivity contribution < 1.29 is 0 Å². The maximum absolute atomic E-state index is 4.18. The molecule has 0 aliphatic heterocycles. The Bertz CT molecular complexity index is 506. The highest BCUT2D eigenvalue weighted by atomic mass is 79.9. The first-order valence-electron chi connectivity index (χ1n) is 6.32. The smallest absolute Gasteiger partial charge is 0.227 e. The van der Waals surface area contributed by atoms with Gasteiger partial charge in [0.05, 0.1) is 4.47 Å². The van der Waals surface area contributed by atoms with Crippen LogP contribution in [0.2, 0.25) is 0 Å². The van der Waals surface area contributed by atoms with Crippen LogP contribution in [0.5, 0.6) is 0 Å². The van der Waals surface area contributed by atoms with Crippen molar-refractivity contribution in [3.63, 3.8) is 0 Å². The SMILES string of the molecule is CCN(CC)c1ccc(Nc2ncc(Br)cn2)cc1. The molecule has 0 amide bonds. The van der Waals surface area contributed by atoms with Gasteiger partial charge in [-0.1, -0.05) is 0 Å². The maximum Gasteiger partial charge on any atom is 0.227 e. The third kappa shape index (κ3) is 3.67. The Labute approximate surface area is 122 Å². The molecular weight excluding hydrogens is 304 g/mol. The Hall–Kier alpha value is -1.62. The van der Waals surface area contributed by atoms with E-state index in [-0.39, 0.29) is 0 Å². The Balaban J connectivity index is 2.08. The van der Waals surface area contributed by atoms with Gasteiger partial charge in [0.25, 0.3) is 0 Å². The van der Waals surface area contributed by atoms with E-state index in [1.807, 2.05) is 12.1 Å².